The molecule has 2 aromatic carbocycles. The van der Waals surface area contributed by atoms with E-state index in [1.54, 1.807) is 48.2 Å². The third kappa shape index (κ3) is 5.49. The summed E-state index contributed by atoms with van der Waals surface area (Å²) in [6.07, 6.45) is 6.21. The van der Waals surface area contributed by atoms with Crippen molar-refractivity contribution >= 4 is 33.2 Å². The van der Waals surface area contributed by atoms with Gasteiger partial charge >= 0.3 is 0 Å². The van der Waals surface area contributed by atoms with E-state index in [1.165, 1.54) is 6.07 Å². The number of amides is 1. The van der Waals surface area contributed by atoms with Gasteiger partial charge in [0.1, 0.15) is 5.75 Å². The Bertz CT molecular complexity index is 969. The summed E-state index contributed by atoms with van der Waals surface area (Å²) < 4.78 is 32.2. The van der Waals surface area contributed by atoms with Crippen molar-refractivity contribution < 1.29 is 17.9 Å². The second-order valence-electron chi connectivity index (χ2n) is 7.17. The van der Waals surface area contributed by atoms with Crippen molar-refractivity contribution in [3.63, 3.8) is 0 Å². The molecule has 1 aliphatic carbocycles. The van der Waals surface area contributed by atoms with E-state index in [4.69, 9.17) is 4.74 Å². The lowest BCUT2D eigenvalue weighted by atomic mass is 10.2. The molecule has 0 spiro atoms. The monoisotopic (exact) mass is 448 g/mol. The van der Waals surface area contributed by atoms with Gasteiger partial charge in [0.15, 0.2) is 0 Å². The van der Waals surface area contributed by atoms with Crippen LogP contribution in [0.25, 0.3) is 0 Å². The zero-order valence-electron chi connectivity index (χ0n) is 17.3. The van der Waals surface area contributed by atoms with Gasteiger partial charge in [0.2, 0.25) is 15.7 Å². The molecule has 162 valence electrons. The Morgan fingerprint density at radius 1 is 1.13 bits per heavy atom. The van der Waals surface area contributed by atoms with Gasteiger partial charge in [-0.15, -0.1) is 11.8 Å². The van der Waals surface area contributed by atoms with Gasteiger partial charge in [-0.25, -0.2) is 8.42 Å². The van der Waals surface area contributed by atoms with Crippen LogP contribution < -0.4 is 15.4 Å². The Hall–Kier alpha value is -2.19. The van der Waals surface area contributed by atoms with E-state index < -0.39 is 9.84 Å². The zero-order valence-corrected chi connectivity index (χ0v) is 18.9. The van der Waals surface area contributed by atoms with Crippen LogP contribution in [0.2, 0.25) is 0 Å². The molecule has 0 bridgehead atoms. The number of carbonyl (C=O) groups excluding carboxylic acids is 1. The lowest BCUT2D eigenvalue weighted by molar-refractivity contribution is -0.120. The third-order valence-electron chi connectivity index (χ3n) is 5.08. The van der Waals surface area contributed by atoms with Crippen LogP contribution in [-0.4, -0.2) is 39.8 Å². The van der Waals surface area contributed by atoms with Crippen molar-refractivity contribution in [3.8, 4) is 5.75 Å². The molecule has 0 unspecified atom stereocenters. The predicted molar refractivity (Wildman–Crippen MR) is 120 cm³/mol. The summed E-state index contributed by atoms with van der Waals surface area (Å²) in [5.41, 5.74) is 0.383. The Morgan fingerprint density at radius 3 is 2.47 bits per heavy atom. The van der Waals surface area contributed by atoms with Crippen LogP contribution >= 0.6 is 11.8 Å². The van der Waals surface area contributed by atoms with Gasteiger partial charge in [0.25, 0.3) is 0 Å². The fourth-order valence-corrected chi connectivity index (χ4v) is 5.39. The second kappa shape index (κ2) is 10.2. The van der Waals surface area contributed by atoms with Crippen molar-refractivity contribution in [1.29, 1.82) is 0 Å². The highest BCUT2D eigenvalue weighted by molar-refractivity contribution is 7.98. The maximum absolute atomic E-state index is 13.3. The number of rotatable bonds is 9. The molecule has 6 nitrogen and oxygen atoms in total. The number of hydrogen-bond acceptors (Lipinski definition) is 6. The van der Waals surface area contributed by atoms with E-state index in [0.29, 0.717) is 18.0 Å². The summed E-state index contributed by atoms with van der Waals surface area (Å²) in [6, 6.07) is 11.9. The molecular weight excluding hydrogens is 420 g/mol. The molecule has 0 atom stereocenters. The van der Waals surface area contributed by atoms with Crippen molar-refractivity contribution in [2.45, 2.75) is 53.3 Å². The molecule has 0 radical (unpaired) electrons. The molecule has 0 saturated heterocycles. The average Bonchev–Trinajstić information content (AvgIpc) is 3.26. The molecular formula is C22H28N2O4S2. The standard InChI is InChI=1S/C22H28N2O4S2/c1-3-28-17-8-13-20(23-15-22(25)24-16-6-4-5-7-16)21(14-17)30(26,27)19-11-9-18(29-2)10-12-19/h8-14,16,23H,3-7,15H2,1-2H3,(H,24,25). The maximum Gasteiger partial charge on any atom is 0.239 e. The van der Waals surface area contributed by atoms with Crippen molar-refractivity contribution in [3.05, 3.63) is 42.5 Å². The first kappa shape index (κ1) is 22.5. The largest absolute Gasteiger partial charge is 0.494 e. The van der Waals surface area contributed by atoms with E-state index in [2.05, 4.69) is 10.6 Å². The molecule has 0 aromatic heterocycles. The van der Waals surface area contributed by atoms with Crippen molar-refractivity contribution in [2.24, 2.45) is 0 Å². The zero-order chi connectivity index (χ0) is 21.6. The fraction of sp³-hybridized carbons (Fsp3) is 0.409. The van der Waals surface area contributed by atoms with E-state index >= 15 is 0 Å². The summed E-state index contributed by atoms with van der Waals surface area (Å²) in [5.74, 6) is 0.334. The SMILES string of the molecule is CCOc1ccc(NCC(=O)NC2CCCC2)c(S(=O)(=O)c2ccc(SC)cc2)c1. The summed E-state index contributed by atoms with van der Waals surface area (Å²) in [4.78, 5) is 13.6. The fourth-order valence-electron chi connectivity index (χ4n) is 3.53. The molecule has 1 amide bonds. The highest BCUT2D eigenvalue weighted by atomic mass is 32.2. The average molecular weight is 449 g/mol. The first-order chi connectivity index (χ1) is 14.4. The highest BCUT2D eigenvalue weighted by Gasteiger charge is 2.23. The van der Waals surface area contributed by atoms with Crippen LogP contribution in [0.4, 0.5) is 5.69 Å². The molecule has 3 rings (SSSR count). The summed E-state index contributed by atoms with van der Waals surface area (Å²) >= 11 is 1.55. The van der Waals surface area contributed by atoms with E-state index in [-0.39, 0.29) is 28.3 Å². The molecule has 8 heteroatoms. The topological polar surface area (TPSA) is 84.5 Å². The predicted octanol–water partition coefficient (Wildman–Crippen LogP) is 4.11. The van der Waals surface area contributed by atoms with Gasteiger partial charge < -0.3 is 15.4 Å². The summed E-state index contributed by atoms with van der Waals surface area (Å²) in [7, 11) is -3.79. The minimum Gasteiger partial charge on any atom is -0.494 e. The normalized spacial score (nSPS) is 14.5. The molecule has 1 saturated carbocycles. The molecule has 0 heterocycles. The minimum atomic E-state index is -3.79. The smallest absolute Gasteiger partial charge is 0.239 e. The van der Waals surface area contributed by atoms with Crippen LogP contribution in [-0.2, 0) is 14.6 Å². The van der Waals surface area contributed by atoms with E-state index in [0.717, 1.165) is 30.6 Å². The Labute approximate surface area is 182 Å². The number of ether oxygens (including phenoxy) is 1. The van der Waals surface area contributed by atoms with Crippen LogP contribution in [0.3, 0.4) is 0 Å². The lowest BCUT2D eigenvalue weighted by Crippen LogP contribution is -2.36. The van der Waals surface area contributed by atoms with Gasteiger partial charge in [0, 0.05) is 17.0 Å². The van der Waals surface area contributed by atoms with Crippen molar-refractivity contribution in [1.82, 2.24) is 5.32 Å². The van der Waals surface area contributed by atoms with Crippen molar-refractivity contribution in [2.75, 3.05) is 24.7 Å². The Morgan fingerprint density at radius 2 is 1.83 bits per heavy atom. The number of thioether (sulfide) groups is 1. The van der Waals surface area contributed by atoms with Crippen LogP contribution in [0.15, 0.2) is 57.2 Å². The van der Waals surface area contributed by atoms with Crippen LogP contribution in [0.1, 0.15) is 32.6 Å². The van der Waals surface area contributed by atoms with E-state index in [1.807, 2.05) is 13.2 Å². The van der Waals surface area contributed by atoms with Gasteiger partial charge in [-0.3, -0.25) is 4.79 Å². The van der Waals surface area contributed by atoms with Crippen LogP contribution in [0.5, 0.6) is 5.75 Å². The lowest BCUT2D eigenvalue weighted by Gasteiger charge is -2.16. The number of nitrogens with one attached hydrogen (secondary N) is 2. The molecule has 1 fully saturated rings. The first-order valence-electron chi connectivity index (χ1n) is 10.1. The van der Waals surface area contributed by atoms with Gasteiger partial charge in [0.05, 0.1) is 28.6 Å². The quantitative estimate of drug-likeness (QED) is 0.562. The first-order valence-corrected chi connectivity index (χ1v) is 12.8. The summed E-state index contributed by atoms with van der Waals surface area (Å²) in [5, 5.41) is 6.01. The van der Waals surface area contributed by atoms with Gasteiger partial charge in [-0.05, 0) is 62.4 Å². The Kier molecular flexibility index (Phi) is 7.66. The molecule has 2 N–H and O–H groups in total. The van der Waals surface area contributed by atoms with Gasteiger partial charge in [-0.2, -0.15) is 0 Å². The maximum atomic E-state index is 13.3. The molecule has 2 aromatic rings. The molecule has 30 heavy (non-hydrogen) atoms. The summed E-state index contributed by atoms with van der Waals surface area (Å²) in [6.45, 7) is 2.28. The second-order valence-corrected chi connectivity index (χ2v) is 9.97. The minimum absolute atomic E-state index is 0.0123. The number of hydrogen-bond donors (Lipinski definition) is 2. The Balaban J connectivity index is 1.84. The molecule has 1 aliphatic rings. The third-order valence-corrected chi connectivity index (χ3v) is 7.64. The number of benzene rings is 2. The number of sulfone groups is 1. The number of carbonyl (C=O) groups is 1. The highest BCUT2D eigenvalue weighted by Crippen LogP contribution is 2.32. The van der Waals surface area contributed by atoms with Gasteiger partial charge in [-0.1, -0.05) is 12.8 Å². The van der Waals surface area contributed by atoms with Crippen LogP contribution in [0, 0.1) is 0 Å². The molecule has 0 aliphatic heterocycles. The number of anilines is 1. The van der Waals surface area contributed by atoms with E-state index in [9.17, 15) is 13.2 Å².